The number of Topliss-reactive ketones (excluding diaryl/α,β-unsaturated/α-hetero) is 1. The van der Waals surface area contributed by atoms with Crippen LogP contribution >= 0.6 is 0 Å². The first-order chi connectivity index (χ1) is 8.52. The van der Waals surface area contributed by atoms with Crippen molar-refractivity contribution >= 4 is 11.8 Å². The van der Waals surface area contributed by atoms with Crippen LogP contribution in [-0.2, 0) is 4.79 Å². The summed E-state index contributed by atoms with van der Waals surface area (Å²) in [5.74, 6) is -0.331. The van der Waals surface area contributed by atoms with Gasteiger partial charge in [-0.25, -0.2) is 0 Å². The van der Waals surface area contributed by atoms with Crippen LogP contribution in [0.1, 0.15) is 37.0 Å². The molecule has 0 saturated heterocycles. The lowest BCUT2D eigenvalue weighted by Gasteiger charge is -2.08. The molecule has 0 heterocycles. The van der Waals surface area contributed by atoms with Crippen molar-refractivity contribution in [3.8, 4) is 5.75 Å². The summed E-state index contributed by atoms with van der Waals surface area (Å²) < 4.78 is 5.29. The van der Waals surface area contributed by atoms with Crippen molar-refractivity contribution in [2.45, 2.75) is 26.7 Å². The van der Waals surface area contributed by atoms with Crippen molar-refractivity contribution < 1.29 is 19.4 Å². The number of hydrogen-bond acceptors (Lipinski definition) is 3. The Morgan fingerprint density at radius 3 is 2.33 bits per heavy atom. The van der Waals surface area contributed by atoms with Gasteiger partial charge in [-0.3, -0.25) is 9.59 Å². The number of carboxylic acid groups (broad SMARTS) is 1. The summed E-state index contributed by atoms with van der Waals surface area (Å²) in [6.45, 7) is 4.25. The molecule has 0 aliphatic rings. The number of aliphatic carboxylic acids is 1. The van der Waals surface area contributed by atoms with Gasteiger partial charge in [-0.05, 0) is 37.1 Å². The fraction of sp³-hybridized carbons (Fsp3) is 0.429. The number of ether oxygens (including phenoxy) is 1. The Balaban J connectivity index is 2.58. The number of ketones is 1. The van der Waals surface area contributed by atoms with E-state index < -0.39 is 5.97 Å². The Morgan fingerprint density at radius 1 is 1.22 bits per heavy atom. The zero-order chi connectivity index (χ0) is 13.5. The van der Waals surface area contributed by atoms with E-state index in [0.29, 0.717) is 12.2 Å². The van der Waals surface area contributed by atoms with Gasteiger partial charge in [0.25, 0.3) is 0 Å². The van der Waals surface area contributed by atoms with E-state index in [9.17, 15) is 9.59 Å². The van der Waals surface area contributed by atoms with Crippen LogP contribution in [0, 0.1) is 5.92 Å². The average molecular weight is 250 g/mol. The summed E-state index contributed by atoms with van der Waals surface area (Å²) in [7, 11) is 0. The van der Waals surface area contributed by atoms with E-state index in [2.05, 4.69) is 0 Å². The first kappa shape index (κ1) is 14.2. The van der Waals surface area contributed by atoms with Gasteiger partial charge in [-0.1, -0.05) is 6.92 Å². The summed E-state index contributed by atoms with van der Waals surface area (Å²) >= 11 is 0. The first-order valence-electron chi connectivity index (χ1n) is 6.00. The van der Waals surface area contributed by atoms with Crippen LogP contribution in [0.25, 0.3) is 0 Å². The predicted molar refractivity (Wildman–Crippen MR) is 68.0 cm³/mol. The highest BCUT2D eigenvalue weighted by Crippen LogP contribution is 2.16. The largest absolute Gasteiger partial charge is 0.494 e. The van der Waals surface area contributed by atoms with Crippen molar-refractivity contribution in [1.29, 1.82) is 0 Å². The molecule has 18 heavy (non-hydrogen) atoms. The maximum atomic E-state index is 11.9. The van der Waals surface area contributed by atoms with Gasteiger partial charge >= 0.3 is 5.97 Å². The molecule has 0 radical (unpaired) electrons. The Hall–Kier alpha value is -1.84. The molecule has 1 unspecified atom stereocenters. The van der Waals surface area contributed by atoms with Gasteiger partial charge in [0.05, 0.1) is 6.61 Å². The van der Waals surface area contributed by atoms with E-state index in [1.165, 1.54) is 0 Å². The lowest BCUT2D eigenvalue weighted by atomic mass is 9.97. The van der Waals surface area contributed by atoms with Crippen LogP contribution in [0.2, 0.25) is 0 Å². The summed E-state index contributed by atoms with van der Waals surface area (Å²) in [5, 5.41) is 8.63. The zero-order valence-corrected chi connectivity index (χ0v) is 10.7. The number of benzene rings is 1. The second kappa shape index (κ2) is 6.79. The van der Waals surface area contributed by atoms with Gasteiger partial charge in [0, 0.05) is 18.4 Å². The maximum absolute atomic E-state index is 11.9. The molecule has 0 spiro atoms. The molecule has 1 aromatic carbocycles. The van der Waals surface area contributed by atoms with Crippen molar-refractivity contribution in [2.24, 2.45) is 5.92 Å². The van der Waals surface area contributed by atoms with Gasteiger partial charge in [0.2, 0.25) is 0 Å². The molecule has 4 heteroatoms. The molecule has 1 aromatic rings. The number of rotatable bonds is 7. The topological polar surface area (TPSA) is 63.6 Å². The van der Waals surface area contributed by atoms with Gasteiger partial charge < -0.3 is 9.84 Å². The van der Waals surface area contributed by atoms with Crippen LogP contribution in [-0.4, -0.2) is 23.5 Å². The van der Waals surface area contributed by atoms with Gasteiger partial charge in [-0.2, -0.15) is 0 Å². The molecular formula is C14H18O4. The molecule has 98 valence electrons. The second-order valence-electron chi connectivity index (χ2n) is 4.29. The Morgan fingerprint density at radius 2 is 1.83 bits per heavy atom. The van der Waals surface area contributed by atoms with Crippen molar-refractivity contribution in [1.82, 2.24) is 0 Å². The number of hydrogen-bond donors (Lipinski definition) is 1. The van der Waals surface area contributed by atoms with E-state index in [1.54, 1.807) is 31.2 Å². The predicted octanol–water partition coefficient (Wildman–Crippen LogP) is 2.77. The third kappa shape index (κ3) is 4.57. The smallest absolute Gasteiger partial charge is 0.303 e. The van der Waals surface area contributed by atoms with Gasteiger partial charge in [0.15, 0.2) is 5.78 Å². The van der Waals surface area contributed by atoms with Crippen molar-refractivity contribution in [3.05, 3.63) is 29.8 Å². The standard InChI is InChI=1S/C14H18O4/c1-3-18-12-6-4-11(5-7-12)13(15)8-10(2)9-14(16)17/h4-7,10H,3,8-9H2,1-2H3,(H,16,17). The fourth-order valence-corrected chi connectivity index (χ4v) is 1.71. The monoisotopic (exact) mass is 250 g/mol. The van der Waals surface area contributed by atoms with E-state index in [-0.39, 0.29) is 24.5 Å². The molecular weight excluding hydrogens is 232 g/mol. The minimum absolute atomic E-state index is 0.0166. The number of carbonyl (C=O) groups is 2. The molecule has 0 aliphatic carbocycles. The van der Waals surface area contributed by atoms with E-state index in [1.807, 2.05) is 6.92 Å². The zero-order valence-electron chi connectivity index (χ0n) is 10.7. The molecule has 0 fully saturated rings. The minimum atomic E-state index is -0.873. The van der Waals surface area contributed by atoms with E-state index in [0.717, 1.165) is 5.75 Å². The Bertz CT molecular complexity index is 408. The fourth-order valence-electron chi connectivity index (χ4n) is 1.71. The van der Waals surface area contributed by atoms with E-state index in [4.69, 9.17) is 9.84 Å². The van der Waals surface area contributed by atoms with Crippen LogP contribution in [0.3, 0.4) is 0 Å². The molecule has 0 amide bonds. The Labute approximate surface area is 107 Å². The normalized spacial score (nSPS) is 11.9. The quantitative estimate of drug-likeness (QED) is 0.756. The highest BCUT2D eigenvalue weighted by atomic mass is 16.5. The summed E-state index contributed by atoms with van der Waals surface area (Å²) in [4.78, 5) is 22.4. The minimum Gasteiger partial charge on any atom is -0.494 e. The second-order valence-corrected chi connectivity index (χ2v) is 4.29. The van der Waals surface area contributed by atoms with Gasteiger partial charge in [-0.15, -0.1) is 0 Å². The maximum Gasteiger partial charge on any atom is 0.303 e. The molecule has 1 atom stereocenters. The van der Waals surface area contributed by atoms with Gasteiger partial charge in [0.1, 0.15) is 5.75 Å². The summed E-state index contributed by atoms with van der Waals surface area (Å²) in [5.41, 5.74) is 0.593. The third-order valence-corrected chi connectivity index (χ3v) is 2.54. The number of carbonyl (C=O) groups excluding carboxylic acids is 1. The molecule has 1 rings (SSSR count). The summed E-state index contributed by atoms with van der Waals surface area (Å²) in [6, 6.07) is 6.92. The van der Waals surface area contributed by atoms with E-state index >= 15 is 0 Å². The molecule has 0 aliphatic heterocycles. The molecule has 4 nitrogen and oxygen atoms in total. The van der Waals surface area contributed by atoms with Crippen LogP contribution in [0.4, 0.5) is 0 Å². The highest BCUT2D eigenvalue weighted by molar-refractivity contribution is 5.96. The van der Waals surface area contributed by atoms with Crippen LogP contribution in [0.5, 0.6) is 5.75 Å². The number of carboxylic acids is 1. The highest BCUT2D eigenvalue weighted by Gasteiger charge is 2.14. The van der Waals surface area contributed by atoms with Crippen molar-refractivity contribution in [3.63, 3.8) is 0 Å². The van der Waals surface area contributed by atoms with Crippen LogP contribution in [0.15, 0.2) is 24.3 Å². The Kier molecular flexibility index (Phi) is 5.36. The molecule has 0 saturated carbocycles. The lowest BCUT2D eigenvalue weighted by molar-refractivity contribution is -0.137. The SMILES string of the molecule is CCOc1ccc(C(=O)CC(C)CC(=O)O)cc1. The lowest BCUT2D eigenvalue weighted by Crippen LogP contribution is -2.10. The van der Waals surface area contributed by atoms with Crippen molar-refractivity contribution in [2.75, 3.05) is 6.61 Å². The third-order valence-electron chi connectivity index (χ3n) is 2.54. The first-order valence-corrected chi connectivity index (χ1v) is 6.00. The molecule has 0 bridgehead atoms. The van der Waals surface area contributed by atoms with Crippen LogP contribution < -0.4 is 4.74 Å². The molecule has 1 N–H and O–H groups in total. The average Bonchev–Trinajstić information content (AvgIpc) is 2.29. The summed E-state index contributed by atoms with van der Waals surface area (Å²) in [6.07, 6.45) is 0.267. The molecule has 0 aromatic heterocycles.